The summed E-state index contributed by atoms with van der Waals surface area (Å²) in [6.45, 7) is 3.90. The Balaban J connectivity index is 2.37. The molecule has 1 aliphatic heterocycles. The van der Waals surface area contributed by atoms with Gasteiger partial charge in [-0.2, -0.15) is 4.31 Å². The second-order valence-electron chi connectivity index (χ2n) is 3.40. The van der Waals surface area contributed by atoms with Crippen LogP contribution in [-0.4, -0.2) is 44.8 Å². The molecule has 1 heterocycles. The third-order valence-corrected chi connectivity index (χ3v) is 3.40. The lowest BCUT2D eigenvalue weighted by Gasteiger charge is -2.13. The maximum absolute atomic E-state index is 11.1. The van der Waals surface area contributed by atoms with E-state index in [1.807, 2.05) is 6.92 Å². The van der Waals surface area contributed by atoms with Crippen molar-refractivity contribution in [3.8, 4) is 0 Å². The molecule has 1 aliphatic rings. The van der Waals surface area contributed by atoms with Gasteiger partial charge < -0.3 is 4.74 Å². The predicted octanol–water partition coefficient (Wildman–Crippen LogP) is 0.447. The molecule has 0 unspecified atom stereocenters. The monoisotopic (exact) mass is 207 g/mol. The number of hydrogen-bond donors (Lipinski definition) is 0. The Hall–Kier alpha value is -0.130. The first-order chi connectivity index (χ1) is 6.04. The largest absolute Gasteiger partial charge is 0.377 e. The maximum Gasteiger partial charge on any atom is 0.211 e. The fraction of sp³-hybridized carbons (Fsp3) is 1.00. The molecule has 0 bridgehead atoms. The van der Waals surface area contributed by atoms with Crippen molar-refractivity contribution in [3.05, 3.63) is 0 Å². The summed E-state index contributed by atoms with van der Waals surface area (Å²) in [6, 6.07) is 0. The van der Waals surface area contributed by atoms with Crippen LogP contribution in [0.2, 0.25) is 0 Å². The number of ether oxygens (including phenoxy) is 1. The quantitative estimate of drug-likeness (QED) is 0.672. The summed E-state index contributed by atoms with van der Waals surface area (Å²) in [5, 5.41) is 0. The van der Waals surface area contributed by atoms with Crippen LogP contribution < -0.4 is 0 Å². The fourth-order valence-corrected chi connectivity index (χ4v) is 2.29. The van der Waals surface area contributed by atoms with Gasteiger partial charge in [-0.1, -0.05) is 6.92 Å². The molecule has 0 aromatic carbocycles. The lowest BCUT2D eigenvalue weighted by molar-refractivity contribution is 0.0641. The van der Waals surface area contributed by atoms with Crippen molar-refractivity contribution in [1.29, 1.82) is 0 Å². The van der Waals surface area contributed by atoms with Crippen LogP contribution in [0.4, 0.5) is 0 Å². The molecular formula is C8H17NO3S. The molecule has 0 amide bonds. The zero-order chi connectivity index (χ0) is 9.90. The molecule has 5 heteroatoms. The van der Waals surface area contributed by atoms with Gasteiger partial charge in [0.25, 0.3) is 0 Å². The summed E-state index contributed by atoms with van der Waals surface area (Å²) in [4.78, 5) is 0. The molecule has 1 saturated heterocycles. The minimum atomic E-state index is -3.01. The van der Waals surface area contributed by atoms with Crippen molar-refractivity contribution in [3.63, 3.8) is 0 Å². The van der Waals surface area contributed by atoms with Crippen LogP contribution in [0.1, 0.15) is 19.8 Å². The molecule has 78 valence electrons. The van der Waals surface area contributed by atoms with E-state index in [0.717, 1.165) is 19.4 Å². The molecule has 0 radical (unpaired) electrons. The number of hydrogen-bond acceptors (Lipinski definition) is 3. The third kappa shape index (κ3) is 3.25. The van der Waals surface area contributed by atoms with Gasteiger partial charge in [-0.05, 0) is 12.8 Å². The minimum Gasteiger partial charge on any atom is -0.377 e. The Morgan fingerprint density at radius 1 is 1.54 bits per heavy atom. The van der Waals surface area contributed by atoms with Crippen molar-refractivity contribution in [2.45, 2.75) is 25.9 Å². The van der Waals surface area contributed by atoms with E-state index >= 15 is 0 Å². The molecule has 0 aromatic heterocycles. The van der Waals surface area contributed by atoms with Crippen LogP contribution in [0.3, 0.4) is 0 Å². The summed E-state index contributed by atoms with van der Waals surface area (Å²) >= 11 is 0. The Morgan fingerprint density at radius 2 is 2.23 bits per heavy atom. The van der Waals surface area contributed by atoms with E-state index in [2.05, 4.69) is 0 Å². The molecule has 0 N–H and O–H groups in total. The number of sulfonamides is 1. The average Bonchev–Trinajstić information content (AvgIpc) is 2.47. The molecular weight excluding hydrogens is 190 g/mol. The predicted molar refractivity (Wildman–Crippen MR) is 51.1 cm³/mol. The van der Waals surface area contributed by atoms with E-state index in [1.165, 1.54) is 10.6 Å². The molecule has 1 rings (SSSR count). The van der Waals surface area contributed by atoms with Crippen molar-refractivity contribution < 1.29 is 13.2 Å². The van der Waals surface area contributed by atoms with E-state index in [4.69, 9.17) is 4.74 Å². The molecule has 0 aliphatic carbocycles. The van der Waals surface area contributed by atoms with Gasteiger partial charge in [-0.25, -0.2) is 8.42 Å². The van der Waals surface area contributed by atoms with Gasteiger partial charge >= 0.3 is 0 Å². The van der Waals surface area contributed by atoms with E-state index < -0.39 is 10.0 Å². The Morgan fingerprint density at radius 3 is 2.69 bits per heavy atom. The Bertz CT molecular complexity index is 250. The highest BCUT2D eigenvalue weighted by molar-refractivity contribution is 7.88. The van der Waals surface area contributed by atoms with Gasteiger partial charge in [0, 0.05) is 19.7 Å². The van der Waals surface area contributed by atoms with Crippen LogP contribution in [0.15, 0.2) is 0 Å². The highest BCUT2D eigenvalue weighted by Crippen LogP contribution is 2.15. The summed E-state index contributed by atoms with van der Waals surface area (Å²) < 4.78 is 29.2. The van der Waals surface area contributed by atoms with Gasteiger partial charge in [0.1, 0.15) is 0 Å². The zero-order valence-corrected chi connectivity index (χ0v) is 9.01. The molecule has 0 aromatic rings. The standard InChI is InChI=1S/C8H17NO3S/c1-3-6-12-8-4-5-9(7-8)13(2,10)11/h8H,3-7H2,1-2H3/t8-/m0/s1. The maximum atomic E-state index is 11.1. The second-order valence-corrected chi connectivity index (χ2v) is 5.38. The van der Waals surface area contributed by atoms with Gasteiger partial charge in [0.15, 0.2) is 0 Å². The fourth-order valence-electron chi connectivity index (χ4n) is 1.42. The zero-order valence-electron chi connectivity index (χ0n) is 8.19. The first-order valence-corrected chi connectivity index (χ1v) is 6.45. The molecule has 0 spiro atoms. The van der Waals surface area contributed by atoms with Crippen molar-refractivity contribution in [2.24, 2.45) is 0 Å². The first-order valence-electron chi connectivity index (χ1n) is 4.60. The van der Waals surface area contributed by atoms with Crippen LogP contribution in [0.5, 0.6) is 0 Å². The topological polar surface area (TPSA) is 46.6 Å². The van der Waals surface area contributed by atoms with E-state index in [-0.39, 0.29) is 6.10 Å². The Kier molecular flexibility index (Phi) is 3.70. The molecule has 13 heavy (non-hydrogen) atoms. The van der Waals surface area contributed by atoms with Crippen molar-refractivity contribution >= 4 is 10.0 Å². The van der Waals surface area contributed by atoms with Crippen LogP contribution >= 0.6 is 0 Å². The van der Waals surface area contributed by atoms with Gasteiger partial charge in [0.05, 0.1) is 12.4 Å². The van der Waals surface area contributed by atoms with Gasteiger partial charge in [-0.15, -0.1) is 0 Å². The minimum absolute atomic E-state index is 0.106. The van der Waals surface area contributed by atoms with Gasteiger partial charge in [-0.3, -0.25) is 0 Å². The smallest absolute Gasteiger partial charge is 0.211 e. The summed E-state index contributed by atoms with van der Waals surface area (Å²) in [6.07, 6.45) is 3.16. The van der Waals surface area contributed by atoms with E-state index in [9.17, 15) is 8.42 Å². The van der Waals surface area contributed by atoms with Crippen molar-refractivity contribution in [2.75, 3.05) is 26.0 Å². The number of rotatable bonds is 4. The SMILES string of the molecule is CCCO[C@H]1CCN(S(C)(=O)=O)C1. The number of nitrogens with zero attached hydrogens (tertiary/aromatic N) is 1. The van der Waals surface area contributed by atoms with Crippen molar-refractivity contribution in [1.82, 2.24) is 4.31 Å². The normalized spacial score (nSPS) is 25.2. The highest BCUT2D eigenvalue weighted by Gasteiger charge is 2.28. The summed E-state index contributed by atoms with van der Waals surface area (Å²) in [5.41, 5.74) is 0. The van der Waals surface area contributed by atoms with Crippen LogP contribution in [-0.2, 0) is 14.8 Å². The lowest BCUT2D eigenvalue weighted by Crippen LogP contribution is -2.29. The average molecular weight is 207 g/mol. The van der Waals surface area contributed by atoms with E-state index in [1.54, 1.807) is 0 Å². The molecule has 1 fully saturated rings. The third-order valence-electron chi connectivity index (χ3n) is 2.13. The highest BCUT2D eigenvalue weighted by atomic mass is 32.2. The van der Waals surface area contributed by atoms with Crippen LogP contribution in [0, 0.1) is 0 Å². The molecule has 1 atom stereocenters. The first kappa shape index (κ1) is 10.9. The second kappa shape index (κ2) is 4.39. The molecule has 4 nitrogen and oxygen atoms in total. The van der Waals surface area contributed by atoms with Crippen LogP contribution in [0.25, 0.3) is 0 Å². The summed E-state index contributed by atoms with van der Waals surface area (Å²) in [7, 11) is -3.01. The lowest BCUT2D eigenvalue weighted by atomic mass is 10.3. The Labute approximate surface area is 79.9 Å². The van der Waals surface area contributed by atoms with E-state index in [0.29, 0.717) is 13.1 Å². The summed E-state index contributed by atoms with van der Waals surface area (Å²) in [5.74, 6) is 0. The molecule has 0 saturated carbocycles. The van der Waals surface area contributed by atoms with Gasteiger partial charge in [0.2, 0.25) is 10.0 Å².